The molecule has 140 valence electrons. The molecule has 4 nitrogen and oxygen atoms in total. The van der Waals surface area contributed by atoms with Gasteiger partial charge in [-0.3, -0.25) is 0 Å². The lowest BCUT2D eigenvalue weighted by Gasteiger charge is -2.27. The molecule has 0 aliphatic rings. The molecule has 27 heavy (non-hydrogen) atoms. The molecule has 0 saturated carbocycles. The Kier molecular flexibility index (Phi) is 5.17. The van der Waals surface area contributed by atoms with E-state index in [0.29, 0.717) is 5.88 Å². The first kappa shape index (κ1) is 18.9. The molecule has 3 rings (SSSR count). The zero-order valence-corrected chi connectivity index (χ0v) is 16.8. The molecule has 0 radical (unpaired) electrons. The Labute approximate surface area is 161 Å². The number of rotatable bonds is 5. The number of hydrogen-bond acceptors (Lipinski definition) is 4. The van der Waals surface area contributed by atoms with E-state index < -0.39 is 0 Å². The Morgan fingerprint density at radius 2 is 1.37 bits per heavy atom. The van der Waals surface area contributed by atoms with Crippen LogP contribution in [-0.2, 0) is 5.41 Å². The molecule has 1 heterocycles. The van der Waals surface area contributed by atoms with Gasteiger partial charge in [-0.05, 0) is 55.2 Å². The van der Waals surface area contributed by atoms with Crippen LogP contribution in [0, 0.1) is 20.8 Å². The average Bonchev–Trinajstić information content (AvgIpc) is 2.63. The molecule has 0 fully saturated rings. The van der Waals surface area contributed by atoms with Crippen molar-refractivity contribution in [2.24, 2.45) is 0 Å². The van der Waals surface area contributed by atoms with Crippen LogP contribution in [0.4, 0.5) is 0 Å². The highest BCUT2D eigenvalue weighted by atomic mass is 16.5. The summed E-state index contributed by atoms with van der Waals surface area (Å²) in [5.74, 6) is 2.27. The summed E-state index contributed by atoms with van der Waals surface area (Å²) in [4.78, 5) is 8.28. The highest BCUT2D eigenvalue weighted by Gasteiger charge is 2.24. The van der Waals surface area contributed by atoms with Crippen molar-refractivity contribution in [2.75, 3.05) is 7.11 Å². The fourth-order valence-electron chi connectivity index (χ4n) is 3.19. The third kappa shape index (κ3) is 3.95. The van der Waals surface area contributed by atoms with E-state index in [9.17, 15) is 0 Å². The number of aromatic nitrogens is 2. The summed E-state index contributed by atoms with van der Waals surface area (Å²) in [6.45, 7) is 10.5. The predicted molar refractivity (Wildman–Crippen MR) is 108 cm³/mol. The van der Waals surface area contributed by atoms with Crippen molar-refractivity contribution < 1.29 is 9.47 Å². The zero-order chi connectivity index (χ0) is 19.6. The monoisotopic (exact) mass is 362 g/mol. The van der Waals surface area contributed by atoms with E-state index in [0.717, 1.165) is 28.3 Å². The molecule has 2 aromatic carbocycles. The van der Waals surface area contributed by atoms with E-state index in [2.05, 4.69) is 61.9 Å². The van der Waals surface area contributed by atoms with Crippen molar-refractivity contribution in [3.05, 3.63) is 76.7 Å². The molecule has 0 saturated heterocycles. The summed E-state index contributed by atoms with van der Waals surface area (Å²) < 4.78 is 11.3. The minimum Gasteiger partial charge on any atom is -0.496 e. The summed E-state index contributed by atoms with van der Waals surface area (Å²) in [6.07, 6.45) is 1.52. The van der Waals surface area contributed by atoms with Gasteiger partial charge in [0.15, 0.2) is 0 Å². The number of benzene rings is 2. The molecule has 0 N–H and O–H groups in total. The van der Waals surface area contributed by atoms with Crippen molar-refractivity contribution in [3.8, 4) is 17.4 Å². The minimum absolute atomic E-state index is 0.133. The Morgan fingerprint density at radius 1 is 0.778 bits per heavy atom. The van der Waals surface area contributed by atoms with Crippen molar-refractivity contribution in [3.63, 3.8) is 0 Å². The Bertz CT molecular complexity index is 964. The van der Waals surface area contributed by atoms with Crippen LogP contribution in [-0.4, -0.2) is 17.1 Å². The maximum Gasteiger partial charge on any atom is 0.222 e. The molecule has 0 unspecified atom stereocenters. The standard InChI is InChI=1S/C23H26N2O2/c1-15-11-18(7-9-20(15)26-6)23(4,5)19-8-10-21(16(2)12-19)27-22-13-17(3)24-14-25-22/h7-14H,1-6H3. The first-order valence-electron chi connectivity index (χ1n) is 9.04. The van der Waals surface area contributed by atoms with Crippen LogP contribution in [0.1, 0.15) is 41.8 Å². The van der Waals surface area contributed by atoms with Gasteiger partial charge < -0.3 is 9.47 Å². The fraction of sp³-hybridized carbons (Fsp3) is 0.304. The van der Waals surface area contributed by atoms with E-state index in [1.54, 1.807) is 7.11 Å². The van der Waals surface area contributed by atoms with Crippen molar-refractivity contribution >= 4 is 0 Å². The van der Waals surface area contributed by atoms with E-state index in [1.165, 1.54) is 17.5 Å². The molecule has 0 aliphatic carbocycles. The summed E-state index contributed by atoms with van der Waals surface area (Å²) in [6, 6.07) is 14.5. The van der Waals surface area contributed by atoms with Gasteiger partial charge in [0.1, 0.15) is 17.8 Å². The van der Waals surface area contributed by atoms with Crippen LogP contribution >= 0.6 is 0 Å². The second-order valence-corrected chi connectivity index (χ2v) is 7.39. The van der Waals surface area contributed by atoms with Gasteiger partial charge in [-0.2, -0.15) is 0 Å². The summed E-state index contributed by atoms with van der Waals surface area (Å²) in [7, 11) is 1.70. The minimum atomic E-state index is -0.133. The first-order valence-corrected chi connectivity index (χ1v) is 9.04. The largest absolute Gasteiger partial charge is 0.496 e. The molecule has 3 aromatic rings. The topological polar surface area (TPSA) is 44.2 Å². The number of ether oxygens (including phenoxy) is 2. The zero-order valence-electron chi connectivity index (χ0n) is 16.8. The van der Waals surface area contributed by atoms with Crippen LogP contribution in [0.5, 0.6) is 17.4 Å². The number of methoxy groups -OCH3 is 1. The maximum absolute atomic E-state index is 5.95. The van der Waals surface area contributed by atoms with Gasteiger partial charge in [0.25, 0.3) is 0 Å². The second kappa shape index (κ2) is 7.39. The highest BCUT2D eigenvalue weighted by molar-refractivity contribution is 5.47. The normalized spacial score (nSPS) is 11.3. The lowest BCUT2D eigenvalue weighted by Crippen LogP contribution is -2.19. The van der Waals surface area contributed by atoms with Crippen LogP contribution in [0.15, 0.2) is 48.8 Å². The second-order valence-electron chi connectivity index (χ2n) is 7.39. The van der Waals surface area contributed by atoms with Gasteiger partial charge in [-0.15, -0.1) is 0 Å². The Hall–Kier alpha value is -2.88. The summed E-state index contributed by atoms with van der Waals surface area (Å²) in [5.41, 5.74) is 5.44. The maximum atomic E-state index is 5.95. The smallest absolute Gasteiger partial charge is 0.222 e. The van der Waals surface area contributed by atoms with E-state index >= 15 is 0 Å². The van der Waals surface area contributed by atoms with Crippen LogP contribution < -0.4 is 9.47 Å². The molecule has 4 heteroatoms. The van der Waals surface area contributed by atoms with Crippen LogP contribution in [0.3, 0.4) is 0 Å². The third-order valence-electron chi connectivity index (χ3n) is 5.01. The summed E-state index contributed by atoms with van der Waals surface area (Å²) in [5, 5.41) is 0. The average molecular weight is 362 g/mol. The van der Waals surface area contributed by atoms with Gasteiger partial charge in [0.2, 0.25) is 5.88 Å². The quantitative estimate of drug-likeness (QED) is 0.599. The number of aryl methyl sites for hydroxylation is 3. The Balaban J connectivity index is 1.90. The van der Waals surface area contributed by atoms with Crippen LogP contribution in [0.2, 0.25) is 0 Å². The van der Waals surface area contributed by atoms with Crippen molar-refractivity contribution in [1.82, 2.24) is 9.97 Å². The van der Waals surface area contributed by atoms with E-state index in [-0.39, 0.29) is 5.41 Å². The van der Waals surface area contributed by atoms with Gasteiger partial charge in [0.05, 0.1) is 7.11 Å². The lowest BCUT2D eigenvalue weighted by molar-refractivity contribution is 0.411. The number of hydrogen-bond donors (Lipinski definition) is 0. The number of nitrogens with zero attached hydrogens (tertiary/aromatic N) is 2. The Morgan fingerprint density at radius 3 is 1.89 bits per heavy atom. The fourth-order valence-corrected chi connectivity index (χ4v) is 3.19. The molecule has 1 aromatic heterocycles. The predicted octanol–water partition coefficient (Wildman–Crippen LogP) is 5.53. The molecule has 0 spiro atoms. The third-order valence-corrected chi connectivity index (χ3v) is 5.01. The highest BCUT2D eigenvalue weighted by Crippen LogP contribution is 2.36. The van der Waals surface area contributed by atoms with Gasteiger partial charge in [0, 0.05) is 17.2 Å². The van der Waals surface area contributed by atoms with E-state index in [1.807, 2.05) is 25.1 Å². The van der Waals surface area contributed by atoms with Crippen LogP contribution in [0.25, 0.3) is 0 Å². The lowest BCUT2D eigenvalue weighted by atomic mass is 9.77. The molecule has 0 amide bonds. The van der Waals surface area contributed by atoms with Gasteiger partial charge in [-0.25, -0.2) is 9.97 Å². The van der Waals surface area contributed by atoms with E-state index in [4.69, 9.17) is 9.47 Å². The van der Waals surface area contributed by atoms with Crippen molar-refractivity contribution in [2.45, 2.75) is 40.0 Å². The summed E-state index contributed by atoms with van der Waals surface area (Å²) >= 11 is 0. The van der Waals surface area contributed by atoms with Crippen molar-refractivity contribution in [1.29, 1.82) is 0 Å². The SMILES string of the molecule is COc1ccc(C(C)(C)c2ccc(Oc3cc(C)ncn3)c(C)c2)cc1C. The molecule has 0 atom stereocenters. The van der Waals surface area contributed by atoms with Gasteiger partial charge >= 0.3 is 0 Å². The molecule has 0 bridgehead atoms. The molecular weight excluding hydrogens is 336 g/mol. The molecule has 0 aliphatic heterocycles. The van der Waals surface area contributed by atoms with Gasteiger partial charge in [-0.1, -0.05) is 38.1 Å². The molecular formula is C23H26N2O2. The first-order chi connectivity index (χ1) is 12.8.